The van der Waals surface area contributed by atoms with Crippen LogP contribution >= 0.6 is 11.6 Å². The summed E-state index contributed by atoms with van der Waals surface area (Å²) in [6.07, 6.45) is 4.06. The number of aryl methyl sites for hydroxylation is 2. The van der Waals surface area contributed by atoms with Crippen molar-refractivity contribution in [2.75, 3.05) is 26.3 Å². The summed E-state index contributed by atoms with van der Waals surface area (Å²) < 4.78 is 7.61. The van der Waals surface area contributed by atoms with Gasteiger partial charge in [0.25, 0.3) is 0 Å². The van der Waals surface area contributed by atoms with Crippen molar-refractivity contribution in [2.45, 2.75) is 39.5 Å². The summed E-state index contributed by atoms with van der Waals surface area (Å²) in [6, 6.07) is 0. The molecule has 1 fully saturated rings. The first kappa shape index (κ1) is 15.8. The molecule has 1 atom stereocenters. The van der Waals surface area contributed by atoms with Crippen LogP contribution in [0.25, 0.3) is 0 Å². The molecule has 1 N–H and O–H groups in total. The number of aromatic nitrogens is 2. The molecule has 1 aromatic rings. The Bertz CT molecular complexity index is 439. The normalized spacial score (nSPS) is 22.6. The van der Waals surface area contributed by atoms with Gasteiger partial charge in [0, 0.05) is 25.6 Å². The van der Waals surface area contributed by atoms with Gasteiger partial charge < -0.3 is 10.1 Å². The summed E-state index contributed by atoms with van der Waals surface area (Å²) in [7, 11) is 1.99. The van der Waals surface area contributed by atoms with Gasteiger partial charge >= 0.3 is 0 Å². The minimum absolute atomic E-state index is 0.164. The van der Waals surface area contributed by atoms with E-state index in [0.29, 0.717) is 0 Å². The number of hydrogen-bond donors (Lipinski definition) is 1. The number of nitrogens with one attached hydrogen (secondary N) is 1. The topological polar surface area (TPSA) is 39.1 Å². The van der Waals surface area contributed by atoms with Gasteiger partial charge in [-0.05, 0) is 32.2 Å². The van der Waals surface area contributed by atoms with Gasteiger partial charge in [0.1, 0.15) is 0 Å². The van der Waals surface area contributed by atoms with Gasteiger partial charge in [-0.15, -0.1) is 0 Å². The van der Waals surface area contributed by atoms with E-state index in [1.54, 1.807) is 0 Å². The predicted molar refractivity (Wildman–Crippen MR) is 82.3 cm³/mol. The van der Waals surface area contributed by atoms with E-state index < -0.39 is 0 Å². The van der Waals surface area contributed by atoms with Crippen LogP contribution < -0.4 is 5.32 Å². The summed E-state index contributed by atoms with van der Waals surface area (Å²) in [5, 5.41) is 8.91. The van der Waals surface area contributed by atoms with Crippen molar-refractivity contribution in [1.82, 2.24) is 15.1 Å². The summed E-state index contributed by atoms with van der Waals surface area (Å²) >= 11 is 6.49. The summed E-state index contributed by atoms with van der Waals surface area (Å²) in [6.45, 7) is 7.99. The maximum absolute atomic E-state index is 6.49. The molecular weight excluding hydrogens is 274 g/mol. The van der Waals surface area contributed by atoms with Crippen LogP contribution in [0.15, 0.2) is 0 Å². The fourth-order valence-electron chi connectivity index (χ4n) is 2.89. The first-order chi connectivity index (χ1) is 9.62. The largest absolute Gasteiger partial charge is 0.381 e. The number of ether oxygens (including phenoxy) is 1. The Morgan fingerprint density at radius 2 is 2.25 bits per heavy atom. The van der Waals surface area contributed by atoms with Crippen LogP contribution in [0.4, 0.5) is 0 Å². The lowest BCUT2D eigenvalue weighted by atomic mass is 9.82. The molecule has 0 radical (unpaired) electrons. The Hall–Kier alpha value is -0.580. The molecular formula is C15H26ClN3O. The number of hydrogen-bond acceptors (Lipinski definition) is 3. The zero-order valence-electron chi connectivity index (χ0n) is 12.8. The van der Waals surface area contributed by atoms with E-state index in [9.17, 15) is 0 Å². The second-order valence-corrected chi connectivity index (χ2v) is 6.22. The smallest absolute Gasteiger partial charge is 0.0849 e. The lowest BCUT2D eigenvalue weighted by Gasteiger charge is -2.28. The fraction of sp³-hybridized carbons (Fsp3) is 0.800. The van der Waals surface area contributed by atoms with Crippen LogP contribution in [-0.2, 0) is 24.6 Å². The first-order valence-corrected chi connectivity index (χ1v) is 7.98. The van der Waals surface area contributed by atoms with Crippen LogP contribution in [0.5, 0.6) is 0 Å². The molecule has 5 heteroatoms. The SMILES string of the molecule is CCCNCC1(Cc2c(Cl)c(CC)nn2C)CCOC1. The van der Waals surface area contributed by atoms with Crippen molar-refractivity contribution >= 4 is 11.6 Å². The van der Waals surface area contributed by atoms with Gasteiger partial charge in [0.05, 0.1) is 23.0 Å². The molecule has 1 aliphatic heterocycles. The van der Waals surface area contributed by atoms with E-state index in [0.717, 1.165) is 68.4 Å². The molecule has 4 nitrogen and oxygen atoms in total. The average molecular weight is 300 g/mol. The third-order valence-corrected chi connectivity index (χ3v) is 4.59. The van der Waals surface area contributed by atoms with E-state index in [-0.39, 0.29) is 5.41 Å². The minimum atomic E-state index is 0.164. The molecule has 2 rings (SSSR count). The van der Waals surface area contributed by atoms with Crippen molar-refractivity contribution in [3.8, 4) is 0 Å². The fourth-order valence-corrected chi connectivity index (χ4v) is 3.25. The maximum atomic E-state index is 6.49. The molecule has 1 aromatic heterocycles. The van der Waals surface area contributed by atoms with Gasteiger partial charge in [-0.2, -0.15) is 5.10 Å². The monoisotopic (exact) mass is 299 g/mol. The third-order valence-electron chi connectivity index (χ3n) is 4.16. The van der Waals surface area contributed by atoms with E-state index >= 15 is 0 Å². The van der Waals surface area contributed by atoms with E-state index in [1.807, 2.05) is 11.7 Å². The van der Waals surface area contributed by atoms with Gasteiger partial charge in [0.2, 0.25) is 0 Å². The van der Waals surface area contributed by atoms with Crippen LogP contribution in [0.2, 0.25) is 5.02 Å². The minimum Gasteiger partial charge on any atom is -0.381 e. The summed E-state index contributed by atoms with van der Waals surface area (Å²) in [5.74, 6) is 0. The Balaban J connectivity index is 2.14. The third kappa shape index (κ3) is 3.35. The molecule has 1 unspecified atom stereocenters. The van der Waals surface area contributed by atoms with Crippen LogP contribution in [0.1, 0.15) is 38.1 Å². The van der Waals surface area contributed by atoms with Crippen LogP contribution in [0, 0.1) is 5.41 Å². The summed E-state index contributed by atoms with van der Waals surface area (Å²) in [4.78, 5) is 0. The van der Waals surface area contributed by atoms with Gasteiger partial charge in [-0.3, -0.25) is 4.68 Å². The van der Waals surface area contributed by atoms with Gasteiger partial charge in [-0.1, -0.05) is 25.4 Å². The molecule has 114 valence electrons. The highest BCUT2D eigenvalue weighted by atomic mass is 35.5. The molecule has 0 aliphatic carbocycles. The molecule has 0 saturated carbocycles. The molecule has 0 spiro atoms. The Kier molecular flexibility index (Phi) is 5.47. The highest BCUT2D eigenvalue weighted by Crippen LogP contribution is 2.35. The Morgan fingerprint density at radius 3 is 2.80 bits per heavy atom. The lowest BCUT2D eigenvalue weighted by Crippen LogP contribution is -2.37. The molecule has 2 heterocycles. The second kappa shape index (κ2) is 6.92. The van der Waals surface area contributed by atoms with Crippen molar-refractivity contribution < 1.29 is 4.74 Å². The standard InChI is InChI=1S/C15H26ClN3O/c1-4-7-17-10-15(6-8-20-11-15)9-13-14(16)12(5-2)18-19(13)3/h17H,4-11H2,1-3H3. The van der Waals surface area contributed by atoms with Gasteiger partial charge in [-0.25, -0.2) is 0 Å². The molecule has 20 heavy (non-hydrogen) atoms. The molecule has 0 amide bonds. The van der Waals surface area contributed by atoms with Crippen molar-refractivity contribution in [3.05, 3.63) is 16.4 Å². The van der Waals surface area contributed by atoms with E-state index in [1.165, 1.54) is 0 Å². The Morgan fingerprint density at radius 1 is 1.45 bits per heavy atom. The number of halogens is 1. The zero-order valence-corrected chi connectivity index (χ0v) is 13.6. The highest BCUT2D eigenvalue weighted by Gasteiger charge is 2.36. The molecule has 0 aromatic carbocycles. The van der Waals surface area contributed by atoms with Crippen LogP contribution in [0.3, 0.4) is 0 Å². The molecule has 0 bridgehead atoms. The van der Waals surface area contributed by atoms with E-state index in [2.05, 4.69) is 24.3 Å². The Labute approximate surface area is 126 Å². The lowest BCUT2D eigenvalue weighted by molar-refractivity contribution is 0.148. The predicted octanol–water partition coefficient (Wildman–Crippen LogP) is 2.58. The van der Waals surface area contributed by atoms with Crippen molar-refractivity contribution in [1.29, 1.82) is 0 Å². The highest BCUT2D eigenvalue weighted by molar-refractivity contribution is 6.31. The quantitative estimate of drug-likeness (QED) is 0.787. The van der Waals surface area contributed by atoms with Gasteiger partial charge in [0.15, 0.2) is 0 Å². The van der Waals surface area contributed by atoms with Crippen molar-refractivity contribution in [3.63, 3.8) is 0 Å². The first-order valence-electron chi connectivity index (χ1n) is 7.60. The zero-order chi connectivity index (χ0) is 14.6. The van der Waals surface area contributed by atoms with E-state index in [4.69, 9.17) is 16.3 Å². The van der Waals surface area contributed by atoms with Crippen molar-refractivity contribution in [2.24, 2.45) is 12.5 Å². The summed E-state index contributed by atoms with van der Waals surface area (Å²) in [5.41, 5.74) is 2.31. The number of rotatable bonds is 7. The average Bonchev–Trinajstić information content (AvgIpc) is 3.00. The molecule has 1 aliphatic rings. The maximum Gasteiger partial charge on any atom is 0.0849 e. The van der Waals surface area contributed by atoms with Crippen LogP contribution in [-0.4, -0.2) is 36.1 Å². The number of nitrogens with zero attached hydrogens (tertiary/aromatic N) is 2. The second-order valence-electron chi connectivity index (χ2n) is 5.84. The molecule has 1 saturated heterocycles.